The average molecular weight is 279 g/mol. The molecule has 2 aromatic heterocycles. The summed E-state index contributed by atoms with van der Waals surface area (Å²) in [5.74, 6) is 0.561. The van der Waals surface area contributed by atoms with E-state index in [9.17, 15) is 4.79 Å². The summed E-state index contributed by atoms with van der Waals surface area (Å²) in [6.07, 6.45) is 5.47. The zero-order valence-corrected chi connectivity index (χ0v) is 11.2. The lowest BCUT2D eigenvalue weighted by Gasteiger charge is -2.00. The van der Waals surface area contributed by atoms with Gasteiger partial charge in [0, 0.05) is 24.4 Å². The van der Waals surface area contributed by atoms with E-state index in [1.165, 1.54) is 4.68 Å². The Hall–Kier alpha value is -3.02. The summed E-state index contributed by atoms with van der Waals surface area (Å²) in [6, 6.07) is 13.5. The lowest BCUT2D eigenvalue weighted by Crippen LogP contribution is -2.15. The predicted octanol–water partition coefficient (Wildman–Crippen LogP) is 1.44. The summed E-state index contributed by atoms with van der Waals surface area (Å²) < 4.78 is 1.26. The van der Waals surface area contributed by atoms with Gasteiger partial charge in [-0.2, -0.15) is 14.9 Å². The molecule has 104 valence electrons. The Balaban J connectivity index is 1.87. The first-order chi connectivity index (χ1) is 10.3. The summed E-state index contributed by atoms with van der Waals surface area (Å²) in [6.45, 7) is 0. The third kappa shape index (κ3) is 3.11. The van der Waals surface area contributed by atoms with E-state index in [1.807, 2.05) is 42.5 Å². The Kier molecular flexibility index (Phi) is 3.68. The number of nitrogens with one attached hydrogen (secondary N) is 1. The molecule has 3 aromatic rings. The number of nitrogens with zero attached hydrogens (tertiary/aromatic N) is 4. The normalized spacial score (nSPS) is 11.0. The van der Waals surface area contributed by atoms with Crippen molar-refractivity contribution in [2.24, 2.45) is 5.10 Å². The summed E-state index contributed by atoms with van der Waals surface area (Å²) in [7, 11) is 0. The maximum Gasteiger partial charge on any atom is 0.364 e. The van der Waals surface area contributed by atoms with E-state index in [2.05, 4.69) is 20.3 Å². The molecule has 21 heavy (non-hydrogen) atoms. The largest absolute Gasteiger partial charge is 0.364 e. The number of hydrogen-bond acceptors (Lipinski definition) is 4. The number of aromatic amines is 1. The Morgan fingerprint density at radius 3 is 2.81 bits per heavy atom. The molecule has 0 aliphatic rings. The Morgan fingerprint density at radius 1 is 1.19 bits per heavy atom. The highest BCUT2D eigenvalue weighted by Gasteiger charge is 2.07. The van der Waals surface area contributed by atoms with Gasteiger partial charge in [-0.3, -0.25) is 4.98 Å². The second-order valence-corrected chi connectivity index (χ2v) is 4.45. The van der Waals surface area contributed by atoms with Crippen molar-refractivity contribution in [2.75, 3.05) is 0 Å². The Morgan fingerprint density at radius 2 is 2.05 bits per heavy atom. The fraction of sp³-hybridized carbons (Fsp3) is 0.0667. The van der Waals surface area contributed by atoms with Gasteiger partial charge < -0.3 is 0 Å². The highest BCUT2D eigenvalue weighted by Crippen LogP contribution is 2.05. The molecule has 1 aromatic carbocycles. The van der Waals surface area contributed by atoms with Crippen LogP contribution >= 0.6 is 0 Å². The molecule has 0 spiro atoms. The maximum absolute atomic E-state index is 11.8. The lowest BCUT2D eigenvalue weighted by atomic mass is 10.1. The molecule has 0 saturated heterocycles. The highest BCUT2D eigenvalue weighted by molar-refractivity contribution is 5.78. The molecule has 1 N–H and O–H groups in total. The number of H-pyrrole nitrogens is 1. The molecular formula is C15H13N5O. The van der Waals surface area contributed by atoms with Gasteiger partial charge in [-0.15, -0.1) is 0 Å². The summed E-state index contributed by atoms with van der Waals surface area (Å²) in [5.41, 5.74) is 1.52. The van der Waals surface area contributed by atoms with Crippen molar-refractivity contribution in [3.05, 3.63) is 82.3 Å². The molecule has 0 aliphatic carbocycles. The number of hydrogen-bond donors (Lipinski definition) is 1. The molecule has 6 heteroatoms. The molecule has 3 rings (SSSR count). The van der Waals surface area contributed by atoms with Gasteiger partial charge in [0.15, 0.2) is 5.82 Å². The van der Waals surface area contributed by atoms with Crippen molar-refractivity contribution in [1.82, 2.24) is 19.9 Å². The van der Waals surface area contributed by atoms with Crippen LogP contribution in [-0.2, 0) is 6.42 Å². The van der Waals surface area contributed by atoms with E-state index < -0.39 is 0 Å². The standard InChI is InChI=1S/C15H13N5O/c21-15-19-18-14(9-12-5-2-1-3-6-12)20(15)17-11-13-7-4-8-16-10-13/h1-8,10-11H,9H2,(H,19,21)/b17-11-. The van der Waals surface area contributed by atoms with Crippen molar-refractivity contribution in [1.29, 1.82) is 0 Å². The molecule has 0 saturated carbocycles. The summed E-state index contributed by atoms with van der Waals surface area (Å²) in [5, 5.41) is 10.6. The highest BCUT2D eigenvalue weighted by atomic mass is 16.2. The zero-order valence-electron chi connectivity index (χ0n) is 11.2. The van der Waals surface area contributed by atoms with Crippen LogP contribution in [-0.4, -0.2) is 26.1 Å². The second kappa shape index (κ2) is 5.96. The van der Waals surface area contributed by atoms with E-state index in [-0.39, 0.29) is 5.69 Å². The van der Waals surface area contributed by atoms with Crippen LogP contribution in [0.3, 0.4) is 0 Å². The van der Waals surface area contributed by atoms with Crippen LogP contribution in [0.25, 0.3) is 0 Å². The number of benzene rings is 1. The number of rotatable bonds is 4. The lowest BCUT2D eigenvalue weighted by molar-refractivity contribution is 0.775. The predicted molar refractivity (Wildman–Crippen MR) is 79.3 cm³/mol. The first kappa shape index (κ1) is 13.0. The van der Waals surface area contributed by atoms with Crippen LogP contribution in [0.5, 0.6) is 0 Å². The molecule has 0 aliphatic heterocycles. The molecular weight excluding hydrogens is 266 g/mol. The first-order valence-electron chi connectivity index (χ1n) is 6.47. The van der Waals surface area contributed by atoms with E-state index in [0.717, 1.165) is 11.1 Å². The summed E-state index contributed by atoms with van der Waals surface area (Å²) in [4.78, 5) is 15.8. The monoisotopic (exact) mass is 279 g/mol. The zero-order chi connectivity index (χ0) is 14.5. The average Bonchev–Trinajstić information content (AvgIpc) is 2.87. The molecule has 0 amide bonds. The SMILES string of the molecule is O=c1[nH]nc(Cc2ccccc2)n1/N=C\c1cccnc1. The van der Waals surface area contributed by atoms with Gasteiger partial charge >= 0.3 is 5.69 Å². The van der Waals surface area contributed by atoms with Crippen molar-refractivity contribution in [3.8, 4) is 0 Å². The molecule has 0 atom stereocenters. The first-order valence-corrected chi connectivity index (χ1v) is 6.47. The van der Waals surface area contributed by atoms with Gasteiger partial charge in [0.05, 0.1) is 6.21 Å². The van der Waals surface area contributed by atoms with Crippen molar-refractivity contribution >= 4 is 6.21 Å². The molecule has 2 heterocycles. The van der Waals surface area contributed by atoms with Crippen LogP contribution in [0, 0.1) is 0 Å². The van der Waals surface area contributed by atoms with Crippen LogP contribution in [0.15, 0.2) is 64.8 Å². The molecule has 0 fully saturated rings. The minimum Gasteiger partial charge on any atom is -0.264 e. The molecule has 0 unspecified atom stereocenters. The fourth-order valence-corrected chi connectivity index (χ4v) is 1.91. The van der Waals surface area contributed by atoms with Gasteiger partial charge in [0.2, 0.25) is 0 Å². The third-order valence-corrected chi connectivity index (χ3v) is 2.93. The van der Waals surface area contributed by atoms with E-state index in [1.54, 1.807) is 18.6 Å². The van der Waals surface area contributed by atoms with Crippen LogP contribution in [0.4, 0.5) is 0 Å². The van der Waals surface area contributed by atoms with Crippen LogP contribution in [0.1, 0.15) is 17.0 Å². The minimum atomic E-state index is -0.360. The smallest absolute Gasteiger partial charge is 0.264 e. The molecule has 6 nitrogen and oxygen atoms in total. The number of pyridine rings is 1. The maximum atomic E-state index is 11.8. The molecule has 0 radical (unpaired) electrons. The van der Waals surface area contributed by atoms with Gasteiger partial charge in [0.25, 0.3) is 0 Å². The summed E-state index contributed by atoms with van der Waals surface area (Å²) >= 11 is 0. The Bertz CT molecular complexity index is 790. The van der Waals surface area contributed by atoms with E-state index in [0.29, 0.717) is 12.2 Å². The van der Waals surface area contributed by atoms with Gasteiger partial charge in [-0.05, 0) is 11.6 Å². The second-order valence-electron chi connectivity index (χ2n) is 4.45. The Labute approximate surface area is 120 Å². The number of aromatic nitrogens is 4. The van der Waals surface area contributed by atoms with Crippen LogP contribution < -0.4 is 5.69 Å². The van der Waals surface area contributed by atoms with E-state index >= 15 is 0 Å². The fourth-order valence-electron chi connectivity index (χ4n) is 1.91. The van der Waals surface area contributed by atoms with Crippen LogP contribution in [0.2, 0.25) is 0 Å². The molecule has 0 bridgehead atoms. The quantitative estimate of drug-likeness (QED) is 0.734. The van der Waals surface area contributed by atoms with Crippen molar-refractivity contribution in [2.45, 2.75) is 6.42 Å². The van der Waals surface area contributed by atoms with Crippen molar-refractivity contribution < 1.29 is 0 Å². The topological polar surface area (TPSA) is 75.9 Å². The van der Waals surface area contributed by atoms with E-state index in [4.69, 9.17) is 0 Å². The third-order valence-electron chi connectivity index (χ3n) is 2.93. The van der Waals surface area contributed by atoms with Gasteiger partial charge in [-0.1, -0.05) is 36.4 Å². The minimum absolute atomic E-state index is 0.360. The van der Waals surface area contributed by atoms with Gasteiger partial charge in [0.1, 0.15) is 0 Å². The van der Waals surface area contributed by atoms with Gasteiger partial charge in [-0.25, -0.2) is 9.89 Å². The van der Waals surface area contributed by atoms with Crippen molar-refractivity contribution in [3.63, 3.8) is 0 Å².